The number of aromatic nitrogens is 2. The summed E-state index contributed by atoms with van der Waals surface area (Å²) in [7, 11) is -4.25. The normalized spacial score (nSPS) is 30.5. The van der Waals surface area contributed by atoms with Gasteiger partial charge in [-0.25, -0.2) is 22.0 Å². The number of halogens is 2. The number of hydrogen-bond acceptors (Lipinski definition) is 10. The predicted octanol–water partition coefficient (Wildman–Crippen LogP) is 3.77. The molecule has 3 heterocycles. The number of benzene rings is 1. The van der Waals surface area contributed by atoms with Gasteiger partial charge in [0.15, 0.2) is 0 Å². The van der Waals surface area contributed by atoms with Crippen molar-refractivity contribution in [1.82, 2.24) is 29.8 Å². The SMILES string of the molecule is CC(C)(C)[C@@H]1NC(=O)O[C@@H]2CCC[C@H]2CCCCCn2c(nc3ccccc3c2=O)O[C@@H]2C[C@@H](C(=O)N[C@]3(C(=O)NS(=O)(=O)C4(C)CC4)C[C@H]3C(F)F)N(C2)C1=O. The first-order valence-electron chi connectivity index (χ1n) is 19.9. The summed E-state index contributed by atoms with van der Waals surface area (Å²) in [5, 5.41) is 5.56. The highest BCUT2D eigenvalue weighted by atomic mass is 32.2. The van der Waals surface area contributed by atoms with E-state index in [0.29, 0.717) is 23.7 Å². The van der Waals surface area contributed by atoms with Crippen LogP contribution in [0.4, 0.5) is 13.6 Å². The molecular weight excluding hydrogens is 767 g/mol. The molecule has 1 saturated heterocycles. The average molecular weight is 819 g/mol. The molecule has 2 bridgehead atoms. The van der Waals surface area contributed by atoms with E-state index in [1.807, 2.05) is 4.72 Å². The molecule has 3 aliphatic carbocycles. The largest absolute Gasteiger partial charge is 0.459 e. The van der Waals surface area contributed by atoms with Gasteiger partial charge in [0.1, 0.15) is 29.8 Å². The van der Waals surface area contributed by atoms with Crippen LogP contribution in [-0.4, -0.2) is 94.2 Å². The number of nitrogens with one attached hydrogen (secondary N) is 3. The molecule has 2 aliphatic heterocycles. The molecule has 3 saturated carbocycles. The number of hydrogen-bond donors (Lipinski definition) is 3. The zero-order chi connectivity index (χ0) is 41.1. The molecule has 0 spiro atoms. The fourth-order valence-electron chi connectivity index (χ4n) is 8.54. The van der Waals surface area contributed by atoms with Crippen molar-refractivity contribution in [1.29, 1.82) is 0 Å². The number of carbonyl (C=O) groups is 4. The van der Waals surface area contributed by atoms with Crippen molar-refractivity contribution in [2.24, 2.45) is 17.3 Å². The smallest absolute Gasteiger partial charge is 0.408 e. The van der Waals surface area contributed by atoms with E-state index in [2.05, 4.69) is 15.6 Å². The predicted molar refractivity (Wildman–Crippen MR) is 203 cm³/mol. The van der Waals surface area contributed by atoms with Crippen LogP contribution in [0.3, 0.4) is 0 Å². The van der Waals surface area contributed by atoms with Crippen LogP contribution in [0.2, 0.25) is 0 Å². The molecule has 312 valence electrons. The minimum Gasteiger partial charge on any atom is -0.459 e. The molecule has 5 aliphatic rings. The quantitative estimate of drug-likeness (QED) is 0.386. The number of carbonyl (C=O) groups excluding carboxylic acids is 4. The highest BCUT2D eigenvalue weighted by molar-refractivity contribution is 7.91. The third kappa shape index (κ3) is 8.06. The van der Waals surface area contributed by atoms with Crippen LogP contribution < -0.4 is 25.7 Å². The summed E-state index contributed by atoms with van der Waals surface area (Å²) in [6.45, 7) is 6.67. The highest BCUT2D eigenvalue weighted by Gasteiger charge is 2.67. The monoisotopic (exact) mass is 818 g/mol. The van der Waals surface area contributed by atoms with Gasteiger partial charge in [-0.1, -0.05) is 45.7 Å². The van der Waals surface area contributed by atoms with Gasteiger partial charge in [0, 0.05) is 13.0 Å². The van der Waals surface area contributed by atoms with E-state index in [-0.39, 0.29) is 55.9 Å². The fraction of sp³-hybridized carbons (Fsp3) is 0.692. The summed E-state index contributed by atoms with van der Waals surface area (Å²) in [6, 6.07) is 4.15. The Morgan fingerprint density at radius 2 is 1.74 bits per heavy atom. The Balaban J connectivity index is 1.24. The maximum atomic E-state index is 14.7. The molecule has 15 nitrogen and oxygen atoms in total. The summed E-state index contributed by atoms with van der Waals surface area (Å²) in [4.78, 5) is 75.7. The van der Waals surface area contributed by atoms with E-state index < -0.39 is 86.5 Å². The van der Waals surface area contributed by atoms with Crippen molar-refractivity contribution < 1.29 is 45.9 Å². The van der Waals surface area contributed by atoms with E-state index in [1.165, 1.54) is 16.4 Å². The number of fused-ring (bicyclic) bond motifs is 5. The van der Waals surface area contributed by atoms with Gasteiger partial charge in [0.2, 0.25) is 28.3 Å². The van der Waals surface area contributed by atoms with Gasteiger partial charge in [-0.15, -0.1) is 0 Å². The molecule has 18 heteroatoms. The third-order valence-corrected chi connectivity index (χ3v) is 14.7. The number of amides is 4. The van der Waals surface area contributed by atoms with Gasteiger partial charge in [-0.2, -0.15) is 4.98 Å². The summed E-state index contributed by atoms with van der Waals surface area (Å²) >= 11 is 0. The van der Waals surface area contributed by atoms with E-state index in [0.717, 1.165) is 32.1 Å². The minimum absolute atomic E-state index is 0.0159. The molecule has 1 aromatic heterocycles. The molecule has 3 N–H and O–H groups in total. The van der Waals surface area contributed by atoms with Crippen molar-refractivity contribution in [3.63, 3.8) is 0 Å². The van der Waals surface area contributed by atoms with E-state index >= 15 is 0 Å². The Kier molecular flexibility index (Phi) is 10.8. The van der Waals surface area contributed by atoms with Crippen LogP contribution in [0.15, 0.2) is 29.1 Å². The fourth-order valence-corrected chi connectivity index (χ4v) is 9.85. The first-order valence-corrected chi connectivity index (χ1v) is 21.4. The summed E-state index contributed by atoms with van der Waals surface area (Å²) < 4.78 is 68.9. The van der Waals surface area contributed by atoms with Crippen LogP contribution in [0.5, 0.6) is 6.01 Å². The lowest BCUT2D eigenvalue weighted by atomic mass is 9.85. The van der Waals surface area contributed by atoms with Crippen molar-refractivity contribution in [3.05, 3.63) is 34.6 Å². The number of para-hydroxylation sites is 1. The molecule has 7 atom stereocenters. The van der Waals surface area contributed by atoms with Crippen LogP contribution in [0.1, 0.15) is 98.3 Å². The van der Waals surface area contributed by atoms with Gasteiger partial charge in [-0.05, 0) is 81.8 Å². The number of rotatable bonds is 6. The van der Waals surface area contributed by atoms with E-state index in [4.69, 9.17) is 9.47 Å². The molecule has 0 radical (unpaired) electrons. The van der Waals surface area contributed by atoms with Gasteiger partial charge < -0.3 is 25.0 Å². The van der Waals surface area contributed by atoms with Crippen LogP contribution in [0.25, 0.3) is 10.9 Å². The van der Waals surface area contributed by atoms with Crippen molar-refractivity contribution in [2.75, 3.05) is 6.54 Å². The Hall–Kier alpha value is -4.35. The Morgan fingerprint density at radius 3 is 2.42 bits per heavy atom. The Bertz CT molecular complexity index is 2100. The van der Waals surface area contributed by atoms with Crippen molar-refractivity contribution >= 4 is 44.7 Å². The second-order valence-corrected chi connectivity index (χ2v) is 20.0. The van der Waals surface area contributed by atoms with Crippen LogP contribution in [0, 0.1) is 17.3 Å². The number of nitrogens with zero attached hydrogens (tertiary/aromatic N) is 3. The maximum Gasteiger partial charge on any atom is 0.408 e. The molecule has 1 aromatic carbocycles. The van der Waals surface area contributed by atoms with E-state index in [9.17, 15) is 41.2 Å². The van der Waals surface area contributed by atoms with Crippen molar-refractivity contribution in [3.8, 4) is 6.01 Å². The third-order valence-electron chi connectivity index (χ3n) is 12.5. The minimum atomic E-state index is -4.25. The summed E-state index contributed by atoms with van der Waals surface area (Å²) in [5.41, 5.74) is -3.11. The zero-order valence-electron chi connectivity index (χ0n) is 32.7. The Morgan fingerprint density at radius 1 is 1.02 bits per heavy atom. The lowest BCUT2D eigenvalue weighted by molar-refractivity contribution is -0.143. The van der Waals surface area contributed by atoms with Gasteiger partial charge in [0.05, 0.1) is 28.1 Å². The van der Waals surface area contributed by atoms with E-state index in [1.54, 1.807) is 45.0 Å². The van der Waals surface area contributed by atoms with Gasteiger partial charge >= 0.3 is 6.09 Å². The average Bonchev–Trinajstić information content (AvgIpc) is 3.97. The molecule has 2 aromatic rings. The van der Waals surface area contributed by atoms with Gasteiger partial charge in [0.25, 0.3) is 17.5 Å². The molecule has 7 rings (SSSR count). The standard InChI is InChI=1S/C39H52F2N6O9S/c1-37(2,3)29-33(50)47-21-23(19-27(47)31(48)44-39(20-25(39)30(40)41)34(51)45-57(53,54)38(4)16-17-38)55-35-42-26-14-8-7-13-24(26)32(49)46(35)18-9-5-6-11-22-12-10-15-28(22)56-36(52)43-29/h7-8,13-14,22-23,25,27-30H,5-6,9-12,15-21H2,1-4H3,(H,43,52)(H,44,48)(H,45,51)/t22-,23-,25+,27+,28-,29-,39-/m1/s1. The van der Waals surface area contributed by atoms with Crippen LogP contribution in [-0.2, 0) is 35.7 Å². The number of sulfonamides is 1. The number of alkyl halides is 2. The molecular formula is C39H52F2N6O9S. The summed E-state index contributed by atoms with van der Waals surface area (Å²) in [5.74, 6) is -4.51. The Labute approximate surface area is 330 Å². The second-order valence-electron chi connectivity index (χ2n) is 17.8. The maximum absolute atomic E-state index is 14.7. The lowest BCUT2D eigenvalue weighted by Gasteiger charge is -2.35. The number of ether oxygens (including phenoxy) is 2. The zero-order valence-corrected chi connectivity index (χ0v) is 33.5. The molecule has 57 heavy (non-hydrogen) atoms. The van der Waals surface area contributed by atoms with Crippen LogP contribution >= 0.6 is 0 Å². The lowest BCUT2D eigenvalue weighted by Crippen LogP contribution is -2.60. The van der Waals surface area contributed by atoms with Crippen molar-refractivity contribution in [2.45, 2.75) is 146 Å². The molecule has 4 fully saturated rings. The number of alkyl carbamates (subject to hydrolysis) is 1. The highest BCUT2D eigenvalue weighted by Crippen LogP contribution is 2.49. The first kappa shape index (κ1) is 40.8. The van der Waals surface area contributed by atoms with Gasteiger partial charge in [-0.3, -0.25) is 28.5 Å². The summed E-state index contributed by atoms with van der Waals surface area (Å²) in [6.07, 6.45) is 0.171. The topological polar surface area (TPSA) is 195 Å². The molecule has 0 unspecified atom stereocenters. The first-order chi connectivity index (χ1) is 26.8. The molecule has 4 amide bonds. The second kappa shape index (κ2) is 15.1.